The van der Waals surface area contributed by atoms with Crippen molar-refractivity contribution in [3.63, 3.8) is 0 Å². The Morgan fingerprint density at radius 1 is 1.11 bits per heavy atom. The molecule has 3 aromatic rings. The maximum Gasteiger partial charge on any atom is 0.251 e. The molecule has 2 aromatic carbocycles. The van der Waals surface area contributed by atoms with E-state index in [1.807, 2.05) is 55.6 Å². The van der Waals surface area contributed by atoms with Crippen LogP contribution in [0.4, 0.5) is 0 Å². The average molecular weight is 362 g/mol. The van der Waals surface area contributed by atoms with E-state index in [2.05, 4.69) is 15.7 Å². The van der Waals surface area contributed by atoms with Crippen LogP contribution in [0.15, 0.2) is 67.0 Å². The first-order chi connectivity index (χ1) is 13.0. The maximum atomic E-state index is 12.3. The number of benzene rings is 2. The van der Waals surface area contributed by atoms with E-state index in [1.54, 1.807) is 29.9 Å². The van der Waals surface area contributed by atoms with Crippen LogP contribution < -0.4 is 10.6 Å². The van der Waals surface area contributed by atoms with Crippen LogP contribution in [0.5, 0.6) is 0 Å². The van der Waals surface area contributed by atoms with Gasteiger partial charge in [0.1, 0.15) is 6.04 Å². The van der Waals surface area contributed by atoms with Crippen molar-refractivity contribution in [1.82, 2.24) is 20.4 Å². The van der Waals surface area contributed by atoms with E-state index < -0.39 is 6.04 Å². The first-order valence-electron chi connectivity index (χ1n) is 8.77. The van der Waals surface area contributed by atoms with Crippen molar-refractivity contribution >= 4 is 11.8 Å². The smallest absolute Gasteiger partial charge is 0.251 e. The van der Waals surface area contributed by atoms with E-state index in [9.17, 15) is 9.59 Å². The minimum atomic E-state index is -0.637. The average Bonchev–Trinajstić information content (AvgIpc) is 3.15. The van der Waals surface area contributed by atoms with Crippen LogP contribution in [-0.4, -0.2) is 27.6 Å². The third-order valence-electron chi connectivity index (χ3n) is 4.14. The van der Waals surface area contributed by atoms with Crippen molar-refractivity contribution in [3.05, 3.63) is 83.7 Å². The van der Waals surface area contributed by atoms with Gasteiger partial charge in [-0.15, -0.1) is 0 Å². The highest BCUT2D eigenvalue weighted by Crippen LogP contribution is 2.08. The third-order valence-corrected chi connectivity index (χ3v) is 4.14. The number of nitrogens with zero attached hydrogens (tertiary/aromatic N) is 2. The van der Waals surface area contributed by atoms with Crippen LogP contribution in [0, 0.1) is 6.92 Å². The van der Waals surface area contributed by atoms with Gasteiger partial charge >= 0.3 is 0 Å². The molecule has 27 heavy (non-hydrogen) atoms. The molecule has 0 bridgehead atoms. The summed E-state index contributed by atoms with van der Waals surface area (Å²) in [5, 5.41) is 9.84. The van der Waals surface area contributed by atoms with Crippen LogP contribution in [-0.2, 0) is 11.3 Å². The summed E-state index contributed by atoms with van der Waals surface area (Å²) in [6, 6.07) is 16.4. The summed E-state index contributed by atoms with van der Waals surface area (Å²) in [6.07, 6.45) is 3.58. The van der Waals surface area contributed by atoms with Gasteiger partial charge in [0.2, 0.25) is 5.91 Å². The summed E-state index contributed by atoms with van der Waals surface area (Å²) in [5.74, 6) is -0.512. The SMILES string of the molecule is Cc1cccc(C(=O)N[C@@H](C)C(=O)NCc2cnn(-c3ccccc3)c2)c1. The zero-order valence-corrected chi connectivity index (χ0v) is 15.3. The molecule has 1 atom stereocenters. The number of para-hydroxylation sites is 1. The van der Waals surface area contributed by atoms with Gasteiger partial charge in [-0.25, -0.2) is 4.68 Å². The number of amides is 2. The van der Waals surface area contributed by atoms with Crippen molar-refractivity contribution in [1.29, 1.82) is 0 Å². The molecule has 0 spiro atoms. The van der Waals surface area contributed by atoms with E-state index in [0.29, 0.717) is 12.1 Å². The van der Waals surface area contributed by atoms with E-state index in [-0.39, 0.29) is 11.8 Å². The van der Waals surface area contributed by atoms with Crippen LogP contribution in [0.25, 0.3) is 5.69 Å². The number of carbonyl (C=O) groups is 2. The quantitative estimate of drug-likeness (QED) is 0.708. The van der Waals surface area contributed by atoms with Gasteiger partial charge in [0, 0.05) is 23.9 Å². The molecule has 3 rings (SSSR count). The Bertz CT molecular complexity index is 934. The monoisotopic (exact) mass is 362 g/mol. The normalized spacial score (nSPS) is 11.6. The van der Waals surface area contributed by atoms with Crippen molar-refractivity contribution in [2.75, 3.05) is 0 Å². The molecule has 1 heterocycles. The largest absolute Gasteiger partial charge is 0.350 e. The number of nitrogens with one attached hydrogen (secondary N) is 2. The number of aromatic nitrogens is 2. The van der Waals surface area contributed by atoms with Gasteiger partial charge in [-0.3, -0.25) is 9.59 Å². The van der Waals surface area contributed by atoms with Gasteiger partial charge in [-0.1, -0.05) is 35.9 Å². The summed E-state index contributed by atoms with van der Waals surface area (Å²) in [7, 11) is 0. The zero-order valence-electron chi connectivity index (χ0n) is 15.3. The Labute approximate surface area is 158 Å². The molecule has 6 heteroatoms. The van der Waals surface area contributed by atoms with Gasteiger partial charge in [-0.2, -0.15) is 5.10 Å². The first kappa shape index (κ1) is 18.4. The molecule has 0 radical (unpaired) electrons. The second-order valence-electron chi connectivity index (χ2n) is 6.41. The first-order valence-corrected chi connectivity index (χ1v) is 8.77. The molecule has 0 aliphatic carbocycles. The highest BCUT2D eigenvalue weighted by molar-refractivity contribution is 5.97. The minimum Gasteiger partial charge on any atom is -0.350 e. The molecular formula is C21H22N4O2. The van der Waals surface area contributed by atoms with Gasteiger partial charge in [0.25, 0.3) is 5.91 Å². The lowest BCUT2D eigenvalue weighted by atomic mass is 10.1. The zero-order chi connectivity index (χ0) is 19.2. The van der Waals surface area contributed by atoms with Crippen molar-refractivity contribution < 1.29 is 9.59 Å². The highest BCUT2D eigenvalue weighted by atomic mass is 16.2. The second-order valence-corrected chi connectivity index (χ2v) is 6.41. The molecule has 0 saturated carbocycles. The fraction of sp³-hybridized carbons (Fsp3) is 0.190. The molecular weight excluding hydrogens is 340 g/mol. The predicted molar refractivity (Wildman–Crippen MR) is 104 cm³/mol. The van der Waals surface area contributed by atoms with Crippen molar-refractivity contribution in [2.24, 2.45) is 0 Å². The van der Waals surface area contributed by atoms with Gasteiger partial charge < -0.3 is 10.6 Å². The number of aryl methyl sites for hydroxylation is 1. The standard InChI is InChI=1S/C21H22N4O2/c1-15-7-6-8-18(11-15)21(27)24-16(2)20(26)22-12-17-13-23-25(14-17)19-9-4-3-5-10-19/h3-11,13-14,16H,12H2,1-2H3,(H,22,26)(H,24,27)/t16-/m0/s1. The van der Waals surface area contributed by atoms with Crippen LogP contribution in [0.1, 0.15) is 28.4 Å². The van der Waals surface area contributed by atoms with Crippen LogP contribution >= 0.6 is 0 Å². The summed E-state index contributed by atoms with van der Waals surface area (Å²) >= 11 is 0. The molecule has 0 unspecified atom stereocenters. The molecule has 0 aliphatic heterocycles. The minimum absolute atomic E-state index is 0.247. The van der Waals surface area contributed by atoms with Crippen molar-refractivity contribution in [2.45, 2.75) is 26.4 Å². The van der Waals surface area contributed by atoms with Gasteiger partial charge in [0.05, 0.1) is 11.9 Å². The summed E-state index contributed by atoms with van der Waals surface area (Å²) in [5.41, 5.74) is 3.37. The lowest BCUT2D eigenvalue weighted by molar-refractivity contribution is -0.122. The fourth-order valence-corrected chi connectivity index (χ4v) is 2.65. The molecule has 138 valence electrons. The van der Waals surface area contributed by atoms with E-state index >= 15 is 0 Å². The van der Waals surface area contributed by atoms with Gasteiger partial charge in [-0.05, 0) is 38.1 Å². The van der Waals surface area contributed by atoms with Crippen molar-refractivity contribution in [3.8, 4) is 5.69 Å². The summed E-state index contributed by atoms with van der Waals surface area (Å²) in [4.78, 5) is 24.5. The molecule has 2 N–H and O–H groups in total. The van der Waals surface area contributed by atoms with Gasteiger partial charge in [0.15, 0.2) is 0 Å². The van der Waals surface area contributed by atoms with Crippen LogP contribution in [0.3, 0.4) is 0 Å². The van der Waals surface area contributed by atoms with E-state index in [4.69, 9.17) is 0 Å². The molecule has 2 amide bonds. The molecule has 0 fully saturated rings. The Hall–Kier alpha value is -3.41. The molecule has 0 saturated heterocycles. The maximum absolute atomic E-state index is 12.3. The summed E-state index contributed by atoms with van der Waals surface area (Å²) in [6.45, 7) is 3.93. The molecule has 6 nitrogen and oxygen atoms in total. The molecule has 0 aliphatic rings. The predicted octanol–water partition coefficient (Wildman–Crippen LogP) is 2.62. The number of hydrogen-bond acceptors (Lipinski definition) is 3. The van der Waals surface area contributed by atoms with Crippen LogP contribution in [0.2, 0.25) is 0 Å². The lowest BCUT2D eigenvalue weighted by Crippen LogP contribution is -2.44. The fourth-order valence-electron chi connectivity index (χ4n) is 2.65. The van der Waals surface area contributed by atoms with E-state index in [1.165, 1.54) is 0 Å². The Morgan fingerprint density at radius 3 is 2.63 bits per heavy atom. The number of carbonyl (C=O) groups excluding carboxylic acids is 2. The summed E-state index contributed by atoms with van der Waals surface area (Å²) < 4.78 is 1.75. The topological polar surface area (TPSA) is 76.0 Å². The Balaban J connectivity index is 1.53. The Morgan fingerprint density at radius 2 is 1.89 bits per heavy atom. The van der Waals surface area contributed by atoms with E-state index in [0.717, 1.165) is 16.8 Å². The highest BCUT2D eigenvalue weighted by Gasteiger charge is 2.16. The number of rotatable bonds is 6. The number of hydrogen-bond donors (Lipinski definition) is 2. The molecule has 1 aromatic heterocycles. The third kappa shape index (κ3) is 4.82. The second kappa shape index (κ2) is 8.31. The lowest BCUT2D eigenvalue weighted by Gasteiger charge is -2.14. The Kier molecular flexibility index (Phi) is 5.66.